The summed E-state index contributed by atoms with van der Waals surface area (Å²) in [4.78, 5) is 28.7. The molecule has 0 aromatic carbocycles. The fourth-order valence-corrected chi connectivity index (χ4v) is 2.98. The van der Waals surface area contributed by atoms with Crippen molar-refractivity contribution in [2.75, 3.05) is 26.9 Å². The standard InChI is InChI=1S/C23H37NO5/c1-4-6-8-10-16-28-22(25)20-13-11-14-21(24-20)23(26)29-18-19(15-17-27-3)12-9-7-5-2/h11,13-14,19H,4-10,12,15-18H2,1-3H3. The van der Waals surface area contributed by atoms with Gasteiger partial charge in [-0.1, -0.05) is 58.4 Å². The van der Waals surface area contributed by atoms with E-state index < -0.39 is 11.9 Å². The molecule has 0 aliphatic rings. The fraction of sp³-hybridized carbons (Fsp3) is 0.696. The quantitative estimate of drug-likeness (QED) is 0.277. The van der Waals surface area contributed by atoms with Gasteiger partial charge in [0.15, 0.2) is 0 Å². The first-order valence-electron chi connectivity index (χ1n) is 10.9. The Balaban J connectivity index is 2.53. The third-order valence-electron chi connectivity index (χ3n) is 4.79. The van der Waals surface area contributed by atoms with Gasteiger partial charge in [-0.3, -0.25) is 0 Å². The van der Waals surface area contributed by atoms with Crippen molar-refractivity contribution in [1.82, 2.24) is 4.98 Å². The zero-order valence-electron chi connectivity index (χ0n) is 18.3. The van der Waals surface area contributed by atoms with Gasteiger partial charge in [-0.05, 0) is 37.3 Å². The summed E-state index contributed by atoms with van der Waals surface area (Å²) < 4.78 is 15.9. The topological polar surface area (TPSA) is 74.7 Å². The Morgan fingerprint density at radius 1 is 0.862 bits per heavy atom. The SMILES string of the molecule is CCCCCCOC(=O)c1cccc(C(=O)OCC(CCCCC)CCOC)n1. The highest BCUT2D eigenvalue weighted by atomic mass is 16.5. The molecule has 1 atom stereocenters. The van der Waals surface area contributed by atoms with E-state index in [2.05, 4.69) is 18.8 Å². The molecule has 0 N–H and O–H groups in total. The fourth-order valence-electron chi connectivity index (χ4n) is 2.98. The van der Waals surface area contributed by atoms with Crippen LogP contribution in [0.15, 0.2) is 18.2 Å². The Labute approximate surface area is 175 Å². The maximum atomic E-state index is 12.4. The van der Waals surface area contributed by atoms with E-state index in [9.17, 15) is 9.59 Å². The minimum absolute atomic E-state index is 0.129. The highest BCUT2D eigenvalue weighted by Crippen LogP contribution is 2.15. The van der Waals surface area contributed by atoms with E-state index in [0.717, 1.165) is 51.4 Å². The van der Waals surface area contributed by atoms with Gasteiger partial charge in [-0.25, -0.2) is 14.6 Å². The van der Waals surface area contributed by atoms with E-state index in [4.69, 9.17) is 14.2 Å². The van der Waals surface area contributed by atoms with Crippen molar-refractivity contribution in [3.8, 4) is 0 Å². The maximum Gasteiger partial charge on any atom is 0.356 e. The second-order valence-electron chi connectivity index (χ2n) is 7.35. The molecule has 1 aromatic rings. The largest absolute Gasteiger partial charge is 0.461 e. The molecule has 0 bridgehead atoms. The normalized spacial score (nSPS) is 11.8. The number of pyridine rings is 1. The third-order valence-corrected chi connectivity index (χ3v) is 4.79. The van der Waals surface area contributed by atoms with Gasteiger partial charge in [0.25, 0.3) is 0 Å². The number of nitrogens with zero attached hydrogens (tertiary/aromatic N) is 1. The van der Waals surface area contributed by atoms with Crippen molar-refractivity contribution in [1.29, 1.82) is 0 Å². The average molecular weight is 408 g/mol. The summed E-state index contributed by atoms with van der Waals surface area (Å²) in [5.74, 6) is -0.754. The number of ether oxygens (including phenoxy) is 3. The zero-order chi connectivity index (χ0) is 21.3. The first kappa shape index (κ1) is 25.1. The van der Waals surface area contributed by atoms with Gasteiger partial charge in [0.2, 0.25) is 0 Å². The molecule has 1 unspecified atom stereocenters. The van der Waals surface area contributed by atoms with Gasteiger partial charge in [-0.15, -0.1) is 0 Å². The zero-order valence-corrected chi connectivity index (χ0v) is 18.3. The Morgan fingerprint density at radius 3 is 2.17 bits per heavy atom. The Hall–Kier alpha value is -1.95. The number of hydrogen-bond donors (Lipinski definition) is 0. The van der Waals surface area contributed by atoms with Crippen LogP contribution in [0.4, 0.5) is 0 Å². The molecule has 0 aliphatic heterocycles. The van der Waals surface area contributed by atoms with Crippen LogP contribution >= 0.6 is 0 Å². The minimum atomic E-state index is -0.513. The summed E-state index contributed by atoms with van der Waals surface area (Å²) in [6.45, 7) is 5.64. The molecule has 0 amide bonds. The van der Waals surface area contributed by atoms with Gasteiger partial charge in [0, 0.05) is 13.7 Å². The summed E-state index contributed by atoms with van der Waals surface area (Å²) in [5, 5.41) is 0. The van der Waals surface area contributed by atoms with E-state index in [0.29, 0.717) is 19.8 Å². The Bertz CT molecular complexity index is 590. The van der Waals surface area contributed by atoms with Crippen molar-refractivity contribution in [3.63, 3.8) is 0 Å². The molecule has 1 rings (SSSR count). The molecular weight excluding hydrogens is 370 g/mol. The minimum Gasteiger partial charge on any atom is -0.461 e. The van der Waals surface area contributed by atoms with Crippen LogP contribution in [0.5, 0.6) is 0 Å². The second kappa shape index (κ2) is 15.9. The van der Waals surface area contributed by atoms with E-state index in [-0.39, 0.29) is 17.3 Å². The molecule has 0 fully saturated rings. The van der Waals surface area contributed by atoms with Crippen LogP contribution in [0.3, 0.4) is 0 Å². The number of aromatic nitrogens is 1. The van der Waals surface area contributed by atoms with Gasteiger partial charge in [-0.2, -0.15) is 0 Å². The summed E-state index contributed by atoms with van der Waals surface area (Å²) >= 11 is 0. The molecule has 0 radical (unpaired) electrons. The highest BCUT2D eigenvalue weighted by Gasteiger charge is 2.17. The van der Waals surface area contributed by atoms with Crippen LogP contribution < -0.4 is 0 Å². The number of carbonyl (C=O) groups excluding carboxylic acids is 2. The van der Waals surface area contributed by atoms with Crippen molar-refractivity contribution < 1.29 is 23.8 Å². The van der Waals surface area contributed by atoms with E-state index >= 15 is 0 Å². The molecular formula is C23H37NO5. The lowest BCUT2D eigenvalue weighted by Gasteiger charge is -2.16. The van der Waals surface area contributed by atoms with Crippen molar-refractivity contribution in [3.05, 3.63) is 29.6 Å². The lowest BCUT2D eigenvalue weighted by atomic mass is 9.99. The Kier molecular flexibility index (Phi) is 13.8. The second-order valence-corrected chi connectivity index (χ2v) is 7.35. The van der Waals surface area contributed by atoms with Crippen LogP contribution in [0.25, 0.3) is 0 Å². The van der Waals surface area contributed by atoms with Gasteiger partial charge in [0.1, 0.15) is 11.4 Å². The smallest absolute Gasteiger partial charge is 0.356 e. The molecule has 1 aromatic heterocycles. The predicted octanol–water partition coefficient (Wildman–Crippen LogP) is 5.21. The molecule has 6 nitrogen and oxygen atoms in total. The molecule has 164 valence electrons. The Morgan fingerprint density at radius 2 is 1.52 bits per heavy atom. The number of unbranched alkanes of at least 4 members (excludes halogenated alkanes) is 5. The molecule has 0 spiro atoms. The van der Waals surface area contributed by atoms with Gasteiger partial charge >= 0.3 is 11.9 Å². The van der Waals surface area contributed by atoms with Crippen LogP contribution in [0.1, 0.15) is 92.6 Å². The molecule has 0 aliphatic carbocycles. The number of carbonyl (C=O) groups is 2. The van der Waals surface area contributed by atoms with E-state index in [1.165, 1.54) is 6.42 Å². The van der Waals surface area contributed by atoms with Crippen molar-refractivity contribution in [2.45, 2.75) is 71.6 Å². The molecule has 0 saturated heterocycles. The molecule has 29 heavy (non-hydrogen) atoms. The van der Waals surface area contributed by atoms with E-state index in [1.54, 1.807) is 25.3 Å². The summed E-state index contributed by atoms with van der Waals surface area (Å²) in [6.07, 6.45) is 9.41. The summed E-state index contributed by atoms with van der Waals surface area (Å²) in [6, 6.07) is 4.74. The molecule has 0 saturated carbocycles. The summed E-state index contributed by atoms with van der Waals surface area (Å²) in [7, 11) is 1.67. The first-order chi connectivity index (χ1) is 14.1. The van der Waals surface area contributed by atoms with Crippen LogP contribution in [0, 0.1) is 5.92 Å². The molecule has 6 heteroatoms. The first-order valence-corrected chi connectivity index (χ1v) is 10.9. The average Bonchev–Trinajstić information content (AvgIpc) is 2.74. The number of rotatable bonds is 16. The summed E-state index contributed by atoms with van der Waals surface area (Å²) in [5.41, 5.74) is 0.262. The van der Waals surface area contributed by atoms with Crippen molar-refractivity contribution in [2.24, 2.45) is 5.92 Å². The van der Waals surface area contributed by atoms with Crippen LogP contribution in [0.2, 0.25) is 0 Å². The van der Waals surface area contributed by atoms with Gasteiger partial charge in [0.05, 0.1) is 13.2 Å². The van der Waals surface area contributed by atoms with Crippen LogP contribution in [-0.4, -0.2) is 43.9 Å². The number of esters is 2. The lowest BCUT2D eigenvalue weighted by Crippen LogP contribution is -2.18. The monoisotopic (exact) mass is 407 g/mol. The molecule has 1 heterocycles. The number of hydrogen-bond acceptors (Lipinski definition) is 6. The van der Waals surface area contributed by atoms with Gasteiger partial charge < -0.3 is 14.2 Å². The van der Waals surface area contributed by atoms with Crippen molar-refractivity contribution >= 4 is 11.9 Å². The van der Waals surface area contributed by atoms with Crippen LogP contribution in [-0.2, 0) is 14.2 Å². The third kappa shape index (κ3) is 11.0. The van der Waals surface area contributed by atoms with E-state index in [1.807, 2.05) is 0 Å². The maximum absolute atomic E-state index is 12.4. The predicted molar refractivity (Wildman–Crippen MR) is 113 cm³/mol. The number of methoxy groups -OCH3 is 1. The lowest BCUT2D eigenvalue weighted by molar-refractivity contribution is 0.0392. The highest BCUT2D eigenvalue weighted by molar-refractivity contribution is 5.91.